The van der Waals surface area contributed by atoms with Gasteiger partial charge >= 0.3 is 0 Å². The van der Waals surface area contributed by atoms with Crippen LogP contribution in [-0.2, 0) is 7.05 Å². The molecule has 1 fully saturated rings. The van der Waals surface area contributed by atoms with Crippen LogP contribution in [0, 0.1) is 12.7 Å². The molecule has 3 N–H and O–H groups in total. The van der Waals surface area contributed by atoms with Gasteiger partial charge in [-0.25, -0.2) is 9.37 Å². The lowest BCUT2D eigenvalue weighted by atomic mass is 9.99. The monoisotopic (exact) mass is 490 g/mol. The lowest BCUT2D eigenvalue weighted by Crippen LogP contribution is -2.21. The summed E-state index contributed by atoms with van der Waals surface area (Å²) in [5, 5.41) is 12.3. The fourth-order valence-electron chi connectivity index (χ4n) is 5.23. The van der Waals surface area contributed by atoms with E-state index in [9.17, 15) is 14.0 Å². The number of hydrogen-bond acceptors (Lipinski definition) is 6. The van der Waals surface area contributed by atoms with Crippen molar-refractivity contribution in [3.63, 3.8) is 0 Å². The molecule has 3 aromatic heterocycles. The van der Waals surface area contributed by atoms with Gasteiger partial charge in [0.05, 0.1) is 28.1 Å². The number of halogens is 1. The van der Waals surface area contributed by atoms with Gasteiger partial charge in [-0.15, -0.1) is 11.3 Å². The molecule has 0 radical (unpaired) electrons. The van der Waals surface area contributed by atoms with E-state index in [-0.39, 0.29) is 23.0 Å². The Balaban J connectivity index is 1.33. The van der Waals surface area contributed by atoms with Crippen molar-refractivity contribution in [2.45, 2.75) is 38.0 Å². The normalized spacial score (nSPS) is 18.0. The highest BCUT2D eigenvalue weighted by molar-refractivity contribution is 7.14. The van der Waals surface area contributed by atoms with Crippen LogP contribution in [0.1, 0.15) is 56.8 Å². The molecule has 1 aromatic carbocycles. The molecule has 2 atom stereocenters. The predicted octanol–water partition coefficient (Wildman–Crippen LogP) is 5.04. The Bertz CT molecular complexity index is 1500. The highest BCUT2D eigenvalue weighted by Gasteiger charge is 2.39. The summed E-state index contributed by atoms with van der Waals surface area (Å²) in [6.45, 7) is 1.73. The summed E-state index contributed by atoms with van der Waals surface area (Å²) in [6.07, 6.45) is 8.32. The number of anilines is 3. The van der Waals surface area contributed by atoms with Crippen LogP contribution in [-0.4, -0.2) is 25.7 Å². The third-order valence-electron chi connectivity index (χ3n) is 7.02. The van der Waals surface area contributed by atoms with Crippen molar-refractivity contribution in [2.24, 2.45) is 7.05 Å². The summed E-state index contributed by atoms with van der Waals surface area (Å²) in [7, 11) is 1.62. The molecule has 2 aliphatic rings. The van der Waals surface area contributed by atoms with Gasteiger partial charge in [-0.2, -0.15) is 5.10 Å². The van der Waals surface area contributed by atoms with E-state index in [1.165, 1.54) is 57.9 Å². The number of benzene rings is 1. The Labute approximate surface area is 204 Å². The second-order valence-electron chi connectivity index (χ2n) is 9.19. The van der Waals surface area contributed by atoms with Crippen LogP contribution in [0.5, 0.6) is 0 Å². The standard InChI is InChI=1S/C25H23FN6O2S/c1-12-16(19-11-32(2)25(34)23(30-19)29-15-9-27-28-10-15)5-6-18(26)21(12)31-24(33)20-8-17-13-3-4-14(7-13)22(17)35-20/h5-6,8-11,13-14H,3-4,7H2,1-2H3,(H,27,28)(H,29,30)(H,31,33). The summed E-state index contributed by atoms with van der Waals surface area (Å²) in [6, 6.07) is 4.90. The van der Waals surface area contributed by atoms with E-state index >= 15 is 0 Å². The van der Waals surface area contributed by atoms with Gasteiger partial charge in [0.2, 0.25) is 0 Å². The number of aryl methyl sites for hydroxylation is 1. The van der Waals surface area contributed by atoms with Gasteiger partial charge in [0.25, 0.3) is 11.5 Å². The minimum Gasteiger partial charge on any atom is -0.333 e. The number of aromatic amines is 1. The summed E-state index contributed by atoms with van der Waals surface area (Å²) in [5.74, 6) is 0.423. The van der Waals surface area contributed by atoms with Gasteiger partial charge in [-0.1, -0.05) is 0 Å². The number of thiophene rings is 1. The fourth-order valence-corrected chi connectivity index (χ4v) is 6.52. The number of aromatic nitrogens is 4. The summed E-state index contributed by atoms with van der Waals surface area (Å²) < 4.78 is 16.3. The molecule has 0 spiro atoms. The van der Waals surface area contributed by atoms with E-state index in [0.29, 0.717) is 39.2 Å². The first kappa shape index (κ1) is 21.7. The SMILES string of the molecule is Cc1c(-c2cn(C)c(=O)c(Nc3cn[nH]c3)n2)ccc(F)c1NC(=O)c1cc2c(s1)C1CCC2C1. The Morgan fingerprint density at radius 1 is 1.29 bits per heavy atom. The van der Waals surface area contributed by atoms with Crippen LogP contribution in [0.2, 0.25) is 0 Å². The maximum absolute atomic E-state index is 14.9. The molecule has 10 heteroatoms. The smallest absolute Gasteiger partial charge is 0.293 e. The van der Waals surface area contributed by atoms with Gasteiger partial charge in [-0.05, 0) is 67.3 Å². The number of carbonyl (C=O) groups excluding carboxylic acids is 1. The molecule has 1 saturated carbocycles. The third kappa shape index (κ3) is 3.65. The van der Waals surface area contributed by atoms with E-state index in [1.807, 2.05) is 6.07 Å². The first-order chi connectivity index (χ1) is 16.9. The molecular formula is C25H23FN6O2S. The highest BCUT2D eigenvalue weighted by Crippen LogP contribution is 2.55. The number of H-pyrrole nitrogens is 1. The Kier molecular flexibility index (Phi) is 5.06. The van der Waals surface area contributed by atoms with Crippen molar-refractivity contribution in [1.82, 2.24) is 19.7 Å². The van der Waals surface area contributed by atoms with E-state index in [2.05, 4.69) is 25.8 Å². The average Bonchev–Trinajstić information content (AvgIpc) is 3.62. The van der Waals surface area contributed by atoms with Gasteiger partial charge in [-0.3, -0.25) is 14.7 Å². The van der Waals surface area contributed by atoms with E-state index in [0.717, 1.165) is 0 Å². The lowest BCUT2D eigenvalue weighted by Gasteiger charge is -2.15. The van der Waals surface area contributed by atoms with Crippen molar-refractivity contribution < 1.29 is 9.18 Å². The van der Waals surface area contributed by atoms with Crippen molar-refractivity contribution in [3.8, 4) is 11.3 Å². The Hall–Kier alpha value is -3.79. The van der Waals surface area contributed by atoms with E-state index in [1.54, 1.807) is 32.4 Å². The fraction of sp³-hybridized carbons (Fsp3) is 0.280. The van der Waals surface area contributed by atoms with Gasteiger partial charge in [0, 0.05) is 29.9 Å². The molecule has 6 rings (SSSR count). The third-order valence-corrected chi connectivity index (χ3v) is 8.33. The highest BCUT2D eigenvalue weighted by atomic mass is 32.1. The van der Waals surface area contributed by atoms with Crippen molar-refractivity contribution in [1.29, 1.82) is 0 Å². The van der Waals surface area contributed by atoms with Crippen LogP contribution in [0.15, 0.2) is 41.6 Å². The molecule has 0 saturated heterocycles. The van der Waals surface area contributed by atoms with Crippen LogP contribution >= 0.6 is 11.3 Å². The van der Waals surface area contributed by atoms with Crippen molar-refractivity contribution >= 4 is 34.4 Å². The maximum Gasteiger partial charge on any atom is 0.293 e. The number of rotatable bonds is 5. The Morgan fingerprint density at radius 3 is 2.89 bits per heavy atom. The quantitative estimate of drug-likeness (QED) is 0.364. The van der Waals surface area contributed by atoms with Crippen LogP contribution in [0.25, 0.3) is 11.3 Å². The summed E-state index contributed by atoms with van der Waals surface area (Å²) >= 11 is 1.53. The molecule has 0 aliphatic heterocycles. The number of amides is 1. The van der Waals surface area contributed by atoms with Crippen LogP contribution in [0.4, 0.5) is 21.6 Å². The zero-order valence-corrected chi connectivity index (χ0v) is 20.0. The second-order valence-corrected chi connectivity index (χ2v) is 10.3. The number of nitrogens with zero attached hydrogens (tertiary/aromatic N) is 3. The lowest BCUT2D eigenvalue weighted by molar-refractivity contribution is 0.103. The summed E-state index contributed by atoms with van der Waals surface area (Å²) in [5.41, 5.74) is 3.30. The molecule has 178 valence electrons. The second kappa shape index (κ2) is 8.16. The number of nitrogens with one attached hydrogen (secondary N) is 3. The van der Waals surface area contributed by atoms with Crippen LogP contribution in [0.3, 0.4) is 0 Å². The molecule has 8 nitrogen and oxygen atoms in total. The maximum atomic E-state index is 14.9. The first-order valence-corrected chi connectivity index (χ1v) is 12.3. The zero-order chi connectivity index (χ0) is 24.3. The molecule has 3 heterocycles. The Morgan fingerprint density at radius 2 is 2.11 bits per heavy atom. The minimum absolute atomic E-state index is 0.114. The van der Waals surface area contributed by atoms with Gasteiger partial charge in [0.1, 0.15) is 5.82 Å². The van der Waals surface area contributed by atoms with E-state index < -0.39 is 5.82 Å². The zero-order valence-electron chi connectivity index (χ0n) is 19.2. The predicted molar refractivity (Wildman–Crippen MR) is 133 cm³/mol. The van der Waals surface area contributed by atoms with Crippen LogP contribution < -0.4 is 16.2 Å². The van der Waals surface area contributed by atoms with Gasteiger partial charge < -0.3 is 15.2 Å². The molecule has 2 bridgehead atoms. The number of carbonyl (C=O) groups is 1. The minimum atomic E-state index is -0.523. The first-order valence-electron chi connectivity index (χ1n) is 11.5. The molecule has 4 aromatic rings. The summed E-state index contributed by atoms with van der Waals surface area (Å²) in [4.78, 5) is 32.1. The van der Waals surface area contributed by atoms with Crippen molar-refractivity contribution in [3.05, 3.63) is 73.8 Å². The molecular weight excluding hydrogens is 467 g/mol. The van der Waals surface area contributed by atoms with Crippen molar-refractivity contribution in [2.75, 3.05) is 10.6 Å². The molecule has 1 amide bonds. The number of hydrogen-bond donors (Lipinski definition) is 3. The molecule has 2 aliphatic carbocycles. The molecule has 2 unspecified atom stereocenters. The van der Waals surface area contributed by atoms with Gasteiger partial charge in [0.15, 0.2) is 5.82 Å². The average molecular weight is 491 g/mol. The van der Waals surface area contributed by atoms with E-state index in [4.69, 9.17) is 0 Å². The molecule has 35 heavy (non-hydrogen) atoms. The topological polar surface area (TPSA) is 105 Å². The largest absolute Gasteiger partial charge is 0.333 e. The number of fused-ring (bicyclic) bond motifs is 5.